The lowest BCUT2D eigenvalue weighted by Crippen LogP contribution is -2.31. The van der Waals surface area contributed by atoms with Gasteiger partial charge >= 0.3 is 0 Å². The van der Waals surface area contributed by atoms with Crippen molar-refractivity contribution < 1.29 is 9.53 Å². The lowest BCUT2D eigenvalue weighted by Gasteiger charge is -2.17. The van der Waals surface area contributed by atoms with E-state index >= 15 is 0 Å². The maximum absolute atomic E-state index is 11.9. The van der Waals surface area contributed by atoms with E-state index < -0.39 is 0 Å². The Bertz CT molecular complexity index is 355. The lowest BCUT2D eigenvalue weighted by atomic mass is 10.3. The molecule has 0 aliphatic heterocycles. The van der Waals surface area contributed by atoms with Gasteiger partial charge in [-0.05, 0) is 19.1 Å². The Balaban J connectivity index is 2.60. The van der Waals surface area contributed by atoms with Crippen LogP contribution in [0.2, 0.25) is 0 Å². The predicted molar refractivity (Wildman–Crippen MR) is 62.1 cm³/mol. The molecule has 0 saturated carbocycles. The first kappa shape index (κ1) is 12.4. The molecule has 2 N–H and O–H groups in total. The fraction of sp³-hybridized carbons (Fsp3) is 0.455. The van der Waals surface area contributed by atoms with E-state index in [1.165, 1.54) is 0 Å². The quantitative estimate of drug-likeness (QED) is 0.749. The monoisotopic (exact) mass is 223 g/mol. The Hall–Kier alpha value is -1.62. The molecule has 88 valence electrons. The van der Waals surface area contributed by atoms with Crippen LogP contribution in [0.25, 0.3) is 0 Å². The van der Waals surface area contributed by atoms with Gasteiger partial charge in [-0.1, -0.05) is 0 Å². The van der Waals surface area contributed by atoms with Crippen molar-refractivity contribution in [2.24, 2.45) is 0 Å². The molecule has 0 atom stereocenters. The number of nitrogen functional groups attached to an aromatic ring is 1. The second-order valence-corrected chi connectivity index (χ2v) is 3.36. The van der Waals surface area contributed by atoms with Gasteiger partial charge in [0, 0.05) is 26.4 Å². The SMILES string of the molecule is CCOCCN(C)C(=O)c1ncccc1N. The van der Waals surface area contributed by atoms with Crippen LogP contribution in [0.4, 0.5) is 5.69 Å². The molecule has 0 fully saturated rings. The summed E-state index contributed by atoms with van der Waals surface area (Å²) in [4.78, 5) is 17.4. The van der Waals surface area contributed by atoms with Gasteiger partial charge < -0.3 is 15.4 Å². The van der Waals surface area contributed by atoms with Gasteiger partial charge in [0.15, 0.2) is 5.69 Å². The van der Waals surface area contributed by atoms with Gasteiger partial charge in [0.2, 0.25) is 0 Å². The smallest absolute Gasteiger partial charge is 0.274 e. The molecule has 1 heterocycles. The van der Waals surface area contributed by atoms with Gasteiger partial charge in [-0.25, -0.2) is 4.98 Å². The van der Waals surface area contributed by atoms with Crippen LogP contribution in [-0.2, 0) is 4.74 Å². The largest absolute Gasteiger partial charge is 0.397 e. The summed E-state index contributed by atoms with van der Waals surface area (Å²) in [5.41, 5.74) is 6.36. The van der Waals surface area contributed by atoms with E-state index in [2.05, 4.69) is 4.98 Å². The Morgan fingerprint density at radius 2 is 2.38 bits per heavy atom. The first-order chi connectivity index (χ1) is 7.66. The molecule has 1 amide bonds. The molecule has 0 saturated heterocycles. The van der Waals surface area contributed by atoms with Crippen LogP contribution in [0.1, 0.15) is 17.4 Å². The van der Waals surface area contributed by atoms with Gasteiger partial charge in [-0.2, -0.15) is 0 Å². The van der Waals surface area contributed by atoms with Crippen molar-refractivity contribution >= 4 is 11.6 Å². The average Bonchev–Trinajstić information content (AvgIpc) is 2.29. The fourth-order valence-electron chi connectivity index (χ4n) is 1.22. The zero-order chi connectivity index (χ0) is 12.0. The highest BCUT2D eigenvalue weighted by Gasteiger charge is 2.15. The molecular formula is C11H17N3O2. The second-order valence-electron chi connectivity index (χ2n) is 3.36. The minimum Gasteiger partial charge on any atom is -0.397 e. The first-order valence-corrected chi connectivity index (χ1v) is 5.20. The molecule has 0 aliphatic rings. The number of carbonyl (C=O) groups is 1. The summed E-state index contributed by atoms with van der Waals surface area (Å²) in [5, 5.41) is 0. The van der Waals surface area contributed by atoms with Gasteiger partial charge in [0.25, 0.3) is 5.91 Å². The Kier molecular flexibility index (Phi) is 4.72. The van der Waals surface area contributed by atoms with Crippen LogP contribution in [0.3, 0.4) is 0 Å². The molecule has 0 aromatic carbocycles. The molecule has 1 aromatic heterocycles. The van der Waals surface area contributed by atoms with Crippen LogP contribution in [0.15, 0.2) is 18.3 Å². The maximum Gasteiger partial charge on any atom is 0.274 e. The van der Waals surface area contributed by atoms with Gasteiger partial charge in [0.05, 0.1) is 12.3 Å². The molecule has 1 aromatic rings. The van der Waals surface area contributed by atoms with Crippen LogP contribution in [0, 0.1) is 0 Å². The van der Waals surface area contributed by atoms with Crippen molar-refractivity contribution in [2.75, 3.05) is 32.5 Å². The zero-order valence-corrected chi connectivity index (χ0v) is 9.64. The van der Waals surface area contributed by atoms with Gasteiger partial charge in [-0.15, -0.1) is 0 Å². The van der Waals surface area contributed by atoms with Crippen LogP contribution < -0.4 is 5.73 Å². The number of carbonyl (C=O) groups excluding carboxylic acids is 1. The Labute approximate surface area is 95.2 Å². The summed E-state index contributed by atoms with van der Waals surface area (Å²) in [6.45, 7) is 3.61. The molecular weight excluding hydrogens is 206 g/mol. The molecule has 16 heavy (non-hydrogen) atoms. The van der Waals surface area contributed by atoms with Gasteiger partial charge in [-0.3, -0.25) is 4.79 Å². The van der Waals surface area contributed by atoms with E-state index in [4.69, 9.17) is 10.5 Å². The van der Waals surface area contributed by atoms with Crippen molar-refractivity contribution in [1.82, 2.24) is 9.88 Å². The highest BCUT2D eigenvalue weighted by molar-refractivity contribution is 5.96. The van der Waals surface area contributed by atoms with Crippen molar-refractivity contribution in [3.63, 3.8) is 0 Å². The van der Waals surface area contributed by atoms with E-state index in [0.717, 1.165) is 0 Å². The number of hydrogen-bond donors (Lipinski definition) is 1. The van der Waals surface area contributed by atoms with E-state index in [9.17, 15) is 4.79 Å². The maximum atomic E-state index is 11.9. The third-order valence-electron chi connectivity index (χ3n) is 2.16. The zero-order valence-electron chi connectivity index (χ0n) is 9.64. The lowest BCUT2D eigenvalue weighted by molar-refractivity contribution is 0.0705. The number of rotatable bonds is 5. The van der Waals surface area contributed by atoms with E-state index in [1.54, 1.807) is 30.3 Å². The minimum absolute atomic E-state index is 0.183. The molecule has 0 spiro atoms. The molecule has 0 radical (unpaired) electrons. The summed E-state index contributed by atoms with van der Waals surface area (Å²) in [7, 11) is 1.70. The first-order valence-electron chi connectivity index (χ1n) is 5.20. The topological polar surface area (TPSA) is 68.5 Å². The number of ether oxygens (including phenoxy) is 1. The third-order valence-corrected chi connectivity index (χ3v) is 2.16. The molecule has 0 bridgehead atoms. The average molecular weight is 223 g/mol. The number of hydrogen-bond acceptors (Lipinski definition) is 4. The summed E-state index contributed by atoms with van der Waals surface area (Å²) >= 11 is 0. The Morgan fingerprint density at radius 3 is 3.00 bits per heavy atom. The van der Waals surface area contributed by atoms with Crippen molar-refractivity contribution in [3.8, 4) is 0 Å². The second kappa shape index (κ2) is 6.07. The minimum atomic E-state index is -0.183. The molecule has 0 unspecified atom stereocenters. The van der Waals surface area contributed by atoms with Crippen molar-refractivity contribution in [2.45, 2.75) is 6.92 Å². The number of nitrogens with zero attached hydrogens (tertiary/aromatic N) is 2. The standard InChI is InChI=1S/C11H17N3O2/c1-3-16-8-7-14(2)11(15)10-9(12)5-4-6-13-10/h4-6H,3,7-8,12H2,1-2H3. The normalized spacial score (nSPS) is 10.1. The van der Waals surface area contributed by atoms with Crippen molar-refractivity contribution in [1.29, 1.82) is 0 Å². The molecule has 5 nitrogen and oxygen atoms in total. The molecule has 0 aliphatic carbocycles. The predicted octanol–water partition coefficient (Wildman–Crippen LogP) is 0.772. The highest BCUT2D eigenvalue weighted by atomic mass is 16.5. The molecule has 1 rings (SSSR count). The van der Waals surface area contributed by atoms with Crippen LogP contribution in [-0.4, -0.2) is 42.6 Å². The fourth-order valence-corrected chi connectivity index (χ4v) is 1.22. The van der Waals surface area contributed by atoms with Crippen LogP contribution >= 0.6 is 0 Å². The van der Waals surface area contributed by atoms with E-state index in [0.29, 0.717) is 31.1 Å². The number of likely N-dealkylation sites (N-methyl/N-ethyl adjacent to an activating group) is 1. The Morgan fingerprint density at radius 1 is 1.62 bits per heavy atom. The third kappa shape index (κ3) is 3.20. The summed E-state index contributed by atoms with van der Waals surface area (Å²) in [6.07, 6.45) is 1.56. The van der Waals surface area contributed by atoms with Crippen LogP contribution in [0.5, 0.6) is 0 Å². The summed E-state index contributed by atoms with van der Waals surface area (Å²) in [5.74, 6) is -0.183. The summed E-state index contributed by atoms with van der Waals surface area (Å²) in [6, 6.07) is 3.36. The van der Waals surface area contributed by atoms with E-state index in [-0.39, 0.29) is 5.91 Å². The molecule has 5 heteroatoms. The van der Waals surface area contributed by atoms with Crippen molar-refractivity contribution in [3.05, 3.63) is 24.0 Å². The summed E-state index contributed by atoms with van der Waals surface area (Å²) < 4.78 is 5.17. The van der Waals surface area contributed by atoms with E-state index in [1.807, 2.05) is 6.92 Å². The number of anilines is 1. The number of pyridine rings is 1. The van der Waals surface area contributed by atoms with Gasteiger partial charge in [0.1, 0.15) is 0 Å². The number of amides is 1. The number of nitrogens with two attached hydrogens (primary N) is 1. The highest BCUT2D eigenvalue weighted by Crippen LogP contribution is 2.09. The number of aromatic nitrogens is 1.